The van der Waals surface area contributed by atoms with Crippen LogP contribution in [-0.4, -0.2) is 49.7 Å². The van der Waals surface area contributed by atoms with Crippen LogP contribution < -0.4 is 5.32 Å². The van der Waals surface area contributed by atoms with Gasteiger partial charge in [-0.2, -0.15) is 0 Å². The van der Waals surface area contributed by atoms with Crippen molar-refractivity contribution in [2.75, 3.05) is 32.8 Å². The van der Waals surface area contributed by atoms with Crippen LogP contribution in [0.2, 0.25) is 0 Å². The lowest BCUT2D eigenvalue weighted by Crippen LogP contribution is -2.29. The second-order valence-corrected chi connectivity index (χ2v) is 5.34. The summed E-state index contributed by atoms with van der Waals surface area (Å²) in [5, 5.41) is 3.32. The van der Waals surface area contributed by atoms with E-state index in [1.165, 1.54) is 32.4 Å². The molecule has 102 valence electrons. The quantitative estimate of drug-likeness (QED) is 0.546. The first-order valence-electron chi connectivity index (χ1n) is 7.00. The van der Waals surface area contributed by atoms with E-state index in [9.17, 15) is 4.79 Å². The zero-order valence-corrected chi connectivity index (χ0v) is 11.3. The number of likely N-dealkylation sites (tertiary alicyclic amines) is 1. The molecule has 0 aromatic heterocycles. The summed E-state index contributed by atoms with van der Waals surface area (Å²) in [7, 11) is 0. The van der Waals surface area contributed by atoms with Gasteiger partial charge >= 0.3 is 5.97 Å². The highest BCUT2D eigenvalue weighted by molar-refractivity contribution is 5.88. The van der Waals surface area contributed by atoms with Gasteiger partial charge in [0.05, 0.1) is 6.61 Å². The fourth-order valence-electron chi connectivity index (χ4n) is 2.53. The van der Waals surface area contributed by atoms with Gasteiger partial charge in [0.1, 0.15) is 0 Å². The van der Waals surface area contributed by atoms with E-state index >= 15 is 0 Å². The molecule has 18 heavy (non-hydrogen) atoms. The zero-order valence-electron chi connectivity index (χ0n) is 11.3. The molecule has 4 nitrogen and oxygen atoms in total. The summed E-state index contributed by atoms with van der Waals surface area (Å²) in [6.45, 7) is 9.94. The number of nitrogens with one attached hydrogen (secondary N) is 1. The van der Waals surface area contributed by atoms with Crippen LogP contribution in [-0.2, 0) is 9.53 Å². The fourth-order valence-corrected chi connectivity index (χ4v) is 2.53. The van der Waals surface area contributed by atoms with Crippen LogP contribution in [0.25, 0.3) is 0 Å². The monoisotopic (exact) mass is 252 g/mol. The number of ether oxygens (including phenoxy) is 1. The second kappa shape index (κ2) is 6.34. The third kappa shape index (κ3) is 3.82. The fraction of sp³-hybridized carbons (Fsp3) is 0.786. The standard InChI is InChI=1S/C14H24N2O2/c1-3-18-14(17)11(2)8-15-9-12-6-7-16(10-12)13-4-5-13/h12-13,15H,2-10H2,1H3. The predicted molar refractivity (Wildman–Crippen MR) is 71.3 cm³/mol. The molecule has 1 aliphatic heterocycles. The number of hydrogen-bond donors (Lipinski definition) is 1. The van der Waals surface area contributed by atoms with Gasteiger partial charge in [-0.15, -0.1) is 0 Å². The summed E-state index contributed by atoms with van der Waals surface area (Å²) in [4.78, 5) is 14.0. The molecule has 0 amide bonds. The summed E-state index contributed by atoms with van der Waals surface area (Å²) in [5.41, 5.74) is 0.522. The van der Waals surface area contributed by atoms with Crippen molar-refractivity contribution in [3.8, 4) is 0 Å². The highest BCUT2D eigenvalue weighted by Crippen LogP contribution is 2.31. The van der Waals surface area contributed by atoms with Crippen LogP contribution in [0.4, 0.5) is 0 Å². The second-order valence-electron chi connectivity index (χ2n) is 5.34. The van der Waals surface area contributed by atoms with E-state index in [0.29, 0.717) is 18.7 Å². The molecule has 2 aliphatic rings. The number of hydrogen-bond acceptors (Lipinski definition) is 4. The first-order valence-corrected chi connectivity index (χ1v) is 7.00. The molecule has 1 aliphatic carbocycles. The lowest BCUT2D eigenvalue weighted by atomic mass is 10.1. The molecule has 1 heterocycles. The lowest BCUT2D eigenvalue weighted by molar-refractivity contribution is -0.138. The normalized spacial score (nSPS) is 24.2. The summed E-state index contributed by atoms with van der Waals surface area (Å²) in [6.07, 6.45) is 4.05. The summed E-state index contributed by atoms with van der Waals surface area (Å²) in [6, 6.07) is 0.879. The molecule has 1 saturated carbocycles. The lowest BCUT2D eigenvalue weighted by Gasteiger charge is -2.15. The number of carbonyl (C=O) groups excluding carboxylic acids is 1. The van der Waals surface area contributed by atoms with Crippen molar-refractivity contribution < 1.29 is 9.53 Å². The van der Waals surface area contributed by atoms with E-state index in [-0.39, 0.29) is 5.97 Å². The number of rotatable bonds is 7. The predicted octanol–water partition coefficient (Wildman–Crippen LogP) is 1.18. The smallest absolute Gasteiger partial charge is 0.334 e. The SMILES string of the molecule is C=C(CNCC1CCN(C2CC2)C1)C(=O)OCC. The Balaban J connectivity index is 1.58. The minimum Gasteiger partial charge on any atom is -0.463 e. The Hall–Kier alpha value is -0.870. The highest BCUT2D eigenvalue weighted by Gasteiger charge is 2.33. The molecule has 1 N–H and O–H groups in total. The molecule has 1 unspecified atom stereocenters. The van der Waals surface area contributed by atoms with Crippen LogP contribution in [0.3, 0.4) is 0 Å². The first kappa shape index (κ1) is 13.6. The van der Waals surface area contributed by atoms with E-state index in [4.69, 9.17) is 4.74 Å². The Labute approximate surface area is 109 Å². The topological polar surface area (TPSA) is 41.6 Å². The van der Waals surface area contributed by atoms with Crippen molar-refractivity contribution in [1.29, 1.82) is 0 Å². The summed E-state index contributed by atoms with van der Waals surface area (Å²) < 4.78 is 4.90. The van der Waals surface area contributed by atoms with Gasteiger partial charge in [-0.1, -0.05) is 6.58 Å². The maximum absolute atomic E-state index is 11.3. The summed E-state index contributed by atoms with van der Waals surface area (Å²) in [5.74, 6) is 0.441. The number of esters is 1. The highest BCUT2D eigenvalue weighted by atomic mass is 16.5. The maximum Gasteiger partial charge on any atom is 0.334 e. The maximum atomic E-state index is 11.3. The van der Waals surface area contributed by atoms with Gasteiger partial charge in [-0.3, -0.25) is 0 Å². The molecule has 0 aromatic carbocycles. The molecule has 4 heteroatoms. The molecule has 1 atom stereocenters. The molecular weight excluding hydrogens is 228 g/mol. The van der Waals surface area contributed by atoms with E-state index < -0.39 is 0 Å². The Morgan fingerprint density at radius 2 is 2.22 bits per heavy atom. The average Bonchev–Trinajstić information content (AvgIpc) is 3.10. The van der Waals surface area contributed by atoms with Crippen molar-refractivity contribution >= 4 is 5.97 Å². The summed E-state index contributed by atoms with van der Waals surface area (Å²) >= 11 is 0. The van der Waals surface area contributed by atoms with Crippen molar-refractivity contribution in [1.82, 2.24) is 10.2 Å². The van der Waals surface area contributed by atoms with E-state index in [2.05, 4.69) is 16.8 Å². The minimum absolute atomic E-state index is 0.281. The van der Waals surface area contributed by atoms with E-state index in [0.717, 1.165) is 18.5 Å². The zero-order chi connectivity index (χ0) is 13.0. The van der Waals surface area contributed by atoms with Crippen LogP contribution in [0.5, 0.6) is 0 Å². The van der Waals surface area contributed by atoms with Crippen molar-refractivity contribution in [2.24, 2.45) is 5.92 Å². The third-order valence-electron chi connectivity index (χ3n) is 3.72. The van der Waals surface area contributed by atoms with Gasteiger partial charge in [0, 0.05) is 24.7 Å². The molecule has 0 radical (unpaired) electrons. The van der Waals surface area contributed by atoms with Gasteiger partial charge in [0.2, 0.25) is 0 Å². The van der Waals surface area contributed by atoms with E-state index in [1.807, 2.05) is 6.92 Å². The van der Waals surface area contributed by atoms with E-state index in [1.54, 1.807) is 0 Å². The van der Waals surface area contributed by atoms with Gasteiger partial charge in [-0.05, 0) is 45.2 Å². The van der Waals surface area contributed by atoms with Crippen LogP contribution in [0.1, 0.15) is 26.2 Å². The third-order valence-corrected chi connectivity index (χ3v) is 3.72. The molecule has 0 spiro atoms. The van der Waals surface area contributed by atoms with Gasteiger partial charge in [-0.25, -0.2) is 4.79 Å². The molecule has 1 saturated heterocycles. The van der Waals surface area contributed by atoms with Gasteiger partial charge < -0.3 is 15.0 Å². The minimum atomic E-state index is -0.281. The largest absolute Gasteiger partial charge is 0.463 e. The number of carbonyl (C=O) groups is 1. The van der Waals surface area contributed by atoms with Crippen molar-refractivity contribution in [2.45, 2.75) is 32.2 Å². The number of nitrogens with zero attached hydrogens (tertiary/aromatic N) is 1. The Bertz CT molecular complexity index is 313. The van der Waals surface area contributed by atoms with Gasteiger partial charge in [0.25, 0.3) is 0 Å². The van der Waals surface area contributed by atoms with Crippen LogP contribution in [0, 0.1) is 5.92 Å². The van der Waals surface area contributed by atoms with Crippen LogP contribution in [0.15, 0.2) is 12.2 Å². The Morgan fingerprint density at radius 3 is 2.89 bits per heavy atom. The molecule has 2 fully saturated rings. The molecular formula is C14H24N2O2. The molecule has 2 rings (SSSR count). The molecule has 0 aromatic rings. The first-order chi connectivity index (χ1) is 8.70. The van der Waals surface area contributed by atoms with Crippen molar-refractivity contribution in [3.05, 3.63) is 12.2 Å². The van der Waals surface area contributed by atoms with Gasteiger partial charge in [0.15, 0.2) is 0 Å². The van der Waals surface area contributed by atoms with Crippen LogP contribution >= 0.6 is 0 Å². The Kier molecular flexibility index (Phi) is 4.78. The van der Waals surface area contributed by atoms with Crippen molar-refractivity contribution in [3.63, 3.8) is 0 Å². The average molecular weight is 252 g/mol. The molecule has 0 bridgehead atoms. The Morgan fingerprint density at radius 1 is 1.44 bits per heavy atom.